The molecule has 0 aromatic heterocycles. The van der Waals surface area contributed by atoms with Gasteiger partial charge < -0.3 is 23.7 Å². The molecule has 0 heterocycles. The molecule has 37 heavy (non-hydrogen) atoms. The summed E-state index contributed by atoms with van der Waals surface area (Å²) in [6, 6.07) is 10.2. The number of rotatable bonds is 29. The van der Waals surface area contributed by atoms with Crippen LogP contribution in [0.2, 0.25) is 0 Å². The largest absolute Gasteiger partial charge is 0.379 e. The lowest BCUT2D eigenvalue weighted by Crippen LogP contribution is -2.27. The van der Waals surface area contributed by atoms with Gasteiger partial charge in [0.25, 0.3) is 0 Å². The van der Waals surface area contributed by atoms with E-state index in [9.17, 15) is 0 Å². The van der Waals surface area contributed by atoms with Gasteiger partial charge in [-0.3, -0.25) is 0 Å². The van der Waals surface area contributed by atoms with Crippen molar-refractivity contribution in [3.05, 3.63) is 61.2 Å². The molecule has 0 spiro atoms. The molecule has 0 amide bonds. The Kier molecular flexibility index (Phi) is 24.9. The van der Waals surface area contributed by atoms with Crippen molar-refractivity contribution in [3.8, 4) is 0 Å². The van der Waals surface area contributed by atoms with Crippen LogP contribution in [0.1, 0.15) is 82.6 Å². The smallest absolute Gasteiger partial charge is 0.104 e. The molecule has 0 aliphatic carbocycles. The standard InChI is InChI=1S/C32H54O5/c1-3-5-7-9-11-13-18-22-34-29-32(37-23-19-14-12-10-8-6-4-2)30-36-27-25-33-24-26-35-28-31-20-16-15-17-21-31/h3-4,15-17,20-21,32H,1-2,5-14,18-19,22-30H2. The maximum Gasteiger partial charge on any atom is 0.104 e. The van der Waals surface area contributed by atoms with Gasteiger partial charge in [-0.25, -0.2) is 0 Å². The summed E-state index contributed by atoms with van der Waals surface area (Å²) in [7, 11) is 0. The van der Waals surface area contributed by atoms with Gasteiger partial charge in [-0.2, -0.15) is 0 Å². The molecule has 0 saturated carbocycles. The SMILES string of the molecule is C=CCCCCCCCOCC(COCCOCCOCc1ccccc1)OCCCCCCCC=C. The summed E-state index contributed by atoms with van der Waals surface area (Å²) in [5.41, 5.74) is 1.18. The minimum Gasteiger partial charge on any atom is -0.379 e. The first-order valence-corrected chi connectivity index (χ1v) is 14.5. The van der Waals surface area contributed by atoms with Gasteiger partial charge in [-0.05, 0) is 44.1 Å². The van der Waals surface area contributed by atoms with Gasteiger partial charge >= 0.3 is 0 Å². The second kappa shape index (κ2) is 27.5. The van der Waals surface area contributed by atoms with Gasteiger partial charge in [0.2, 0.25) is 0 Å². The lowest BCUT2D eigenvalue weighted by Gasteiger charge is -2.18. The van der Waals surface area contributed by atoms with Crippen LogP contribution in [0.4, 0.5) is 0 Å². The molecule has 0 N–H and O–H groups in total. The van der Waals surface area contributed by atoms with Crippen LogP contribution < -0.4 is 0 Å². The molecular formula is C32H54O5. The number of hydrogen-bond donors (Lipinski definition) is 0. The van der Waals surface area contributed by atoms with Crippen molar-refractivity contribution in [1.82, 2.24) is 0 Å². The van der Waals surface area contributed by atoms with Crippen LogP contribution in [-0.2, 0) is 30.3 Å². The summed E-state index contributed by atoms with van der Waals surface area (Å²) < 4.78 is 29.1. The first-order valence-electron chi connectivity index (χ1n) is 14.5. The topological polar surface area (TPSA) is 46.2 Å². The first kappa shape index (κ1) is 33.5. The highest BCUT2D eigenvalue weighted by atomic mass is 16.6. The molecule has 0 aliphatic rings. The lowest BCUT2D eigenvalue weighted by molar-refractivity contribution is -0.0698. The molecule has 1 rings (SSSR count). The Morgan fingerprint density at radius 3 is 1.70 bits per heavy atom. The van der Waals surface area contributed by atoms with Gasteiger partial charge in [0.05, 0.1) is 46.2 Å². The summed E-state index contributed by atoms with van der Waals surface area (Å²) in [4.78, 5) is 0. The molecule has 0 radical (unpaired) electrons. The molecule has 0 fully saturated rings. The van der Waals surface area contributed by atoms with Crippen molar-refractivity contribution in [2.75, 3.05) is 52.9 Å². The van der Waals surface area contributed by atoms with Crippen LogP contribution >= 0.6 is 0 Å². The number of benzene rings is 1. The summed E-state index contributed by atoms with van der Waals surface area (Å²) >= 11 is 0. The van der Waals surface area contributed by atoms with E-state index >= 15 is 0 Å². The molecule has 1 aromatic carbocycles. The molecule has 0 bridgehead atoms. The maximum atomic E-state index is 6.11. The zero-order valence-corrected chi connectivity index (χ0v) is 23.4. The minimum atomic E-state index is -0.0254. The van der Waals surface area contributed by atoms with Crippen LogP contribution in [0.15, 0.2) is 55.6 Å². The van der Waals surface area contributed by atoms with Gasteiger partial charge in [0.1, 0.15) is 6.10 Å². The van der Waals surface area contributed by atoms with E-state index in [-0.39, 0.29) is 6.10 Å². The fraction of sp³-hybridized carbons (Fsp3) is 0.688. The van der Waals surface area contributed by atoms with Crippen LogP contribution in [0.5, 0.6) is 0 Å². The predicted octanol–water partition coefficient (Wildman–Crippen LogP) is 7.69. The third kappa shape index (κ3) is 23.4. The Morgan fingerprint density at radius 2 is 1.05 bits per heavy atom. The van der Waals surface area contributed by atoms with Crippen molar-refractivity contribution in [1.29, 1.82) is 0 Å². The Hall–Kier alpha value is -1.50. The Balaban J connectivity index is 2.09. The van der Waals surface area contributed by atoms with E-state index in [1.54, 1.807) is 0 Å². The van der Waals surface area contributed by atoms with E-state index < -0.39 is 0 Å². The normalized spacial score (nSPS) is 12.0. The number of hydrogen-bond acceptors (Lipinski definition) is 5. The second-order valence-electron chi connectivity index (χ2n) is 9.48. The second-order valence-corrected chi connectivity index (χ2v) is 9.48. The molecule has 1 aromatic rings. The maximum absolute atomic E-state index is 6.11. The average Bonchev–Trinajstić information content (AvgIpc) is 2.92. The third-order valence-corrected chi connectivity index (χ3v) is 6.07. The fourth-order valence-corrected chi connectivity index (χ4v) is 3.87. The molecular weight excluding hydrogens is 464 g/mol. The number of allylic oxidation sites excluding steroid dienone is 2. The number of unbranched alkanes of at least 4 members (excludes halogenated alkanes) is 10. The molecule has 1 atom stereocenters. The van der Waals surface area contributed by atoms with Crippen LogP contribution in [0.25, 0.3) is 0 Å². The quantitative estimate of drug-likeness (QED) is 0.0803. The zero-order valence-electron chi connectivity index (χ0n) is 23.4. The highest BCUT2D eigenvalue weighted by molar-refractivity contribution is 5.13. The highest BCUT2D eigenvalue weighted by Crippen LogP contribution is 2.08. The van der Waals surface area contributed by atoms with Gasteiger partial charge in [0, 0.05) is 13.2 Å². The fourth-order valence-electron chi connectivity index (χ4n) is 3.87. The predicted molar refractivity (Wildman–Crippen MR) is 154 cm³/mol. The summed E-state index contributed by atoms with van der Waals surface area (Å²) in [6.45, 7) is 13.1. The summed E-state index contributed by atoms with van der Waals surface area (Å²) in [6.07, 6.45) is 18.4. The van der Waals surface area contributed by atoms with Crippen LogP contribution in [0, 0.1) is 0 Å². The molecule has 0 aliphatic heterocycles. The lowest BCUT2D eigenvalue weighted by atomic mass is 10.1. The number of ether oxygens (including phenoxy) is 5. The van der Waals surface area contributed by atoms with Crippen molar-refractivity contribution in [3.63, 3.8) is 0 Å². The zero-order chi connectivity index (χ0) is 26.5. The van der Waals surface area contributed by atoms with Gasteiger partial charge in [0.15, 0.2) is 0 Å². The molecule has 0 saturated heterocycles. The Bertz CT molecular complexity index is 606. The van der Waals surface area contributed by atoms with E-state index in [1.165, 1.54) is 56.9 Å². The minimum absolute atomic E-state index is 0.0254. The Labute approximate surface area is 227 Å². The van der Waals surface area contributed by atoms with E-state index in [1.807, 2.05) is 30.4 Å². The van der Waals surface area contributed by atoms with Crippen molar-refractivity contribution >= 4 is 0 Å². The van der Waals surface area contributed by atoms with Crippen molar-refractivity contribution in [2.24, 2.45) is 0 Å². The molecule has 5 nitrogen and oxygen atoms in total. The van der Waals surface area contributed by atoms with E-state index in [4.69, 9.17) is 23.7 Å². The highest BCUT2D eigenvalue weighted by Gasteiger charge is 2.10. The molecule has 5 heteroatoms. The van der Waals surface area contributed by atoms with Crippen molar-refractivity contribution < 1.29 is 23.7 Å². The van der Waals surface area contributed by atoms with Crippen LogP contribution in [0.3, 0.4) is 0 Å². The van der Waals surface area contributed by atoms with E-state index in [0.717, 1.165) is 38.9 Å². The molecule has 212 valence electrons. The first-order chi connectivity index (χ1) is 18.4. The average molecular weight is 519 g/mol. The van der Waals surface area contributed by atoms with Gasteiger partial charge in [-0.15, -0.1) is 13.2 Å². The summed E-state index contributed by atoms with van der Waals surface area (Å²) in [5.74, 6) is 0. The van der Waals surface area contributed by atoms with E-state index in [2.05, 4.69) is 25.3 Å². The monoisotopic (exact) mass is 518 g/mol. The van der Waals surface area contributed by atoms with E-state index in [0.29, 0.717) is 46.2 Å². The molecule has 1 unspecified atom stereocenters. The van der Waals surface area contributed by atoms with Crippen LogP contribution in [-0.4, -0.2) is 59.0 Å². The summed E-state index contributed by atoms with van der Waals surface area (Å²) in [5, 5.41) is 0. The van der Waals surface area contributed by atoms with Gasteiger partial charge in [-0.1, -0.05) is 81.0 Å². The Morgan fingerprint density at radius 1 is 0.541 bits per heavy atom. The third-order valence-electron chi connectivity index (χ3n) is 6.07. The van der Waals surface area contributed by atoms with Crippen molar-refractivity contribution in [2.45, 2.75) is 89.8 Å².